The number of thiocarbonyl (C=S) groups is 1. The summed E-state index contributed by atoms with van der Waals surface area (Å²) in [5, 5.41) is 1.58. The van der Waals surface area contributed by atoms with E-state index in [1.54, 1.807) is 36.4 Å². The topological polar surface area (TPSA) is 67.9 Å². The van der Waals surface area contributed by atoms with Gasteiger partial charge in [-0.1, -0.05) is 23.4 Å². The third-order valence-electron chi connectivity index (χ3n) is 4.03. The molecule has 0 aliphatic carbocycles. The van der Waals surface area contributed by atoms with E-state index < -0.39 is 11.8 Å². The molecule has 1 saturated heterocycles. The predicted octanol–water partition coefficient (Wildman–Crippen LogP) is 5.45. The van der Waals surface area contributed by atoms with Crippen LogP contribution in [0.1, 0.15) is 29.8 Å². The molecule has 3 rings (SSSR count). The van der Waals surface area contributed by atoms with Crippen molar-refractivity contribution in [1.29, 1.82) is 0 Å². The van der Waals surface area contributed by atoms with E-state index >= 15 is 0 Å². The number of amides is 2. The molecular formula is C21H18BrClN2O4S2. The summed E-state index contributed by atoms with van der Waals surface area (Å²) in [6, 6.07) is 9.95. The fraction of sp³-hybridized carbons (Fsp3) is 0.190. The van der Waals surface area contributed by atoms with Crippen molar-refractivity contribution in [2.45, 2.75) is 13.8 Å². The van der Waals surface area contributed by atoms with E-state index in [0.29, 0.717) is 44.7 Å². The first-order chi connectivity index (χ1) is 14.8. The number of benzene rings is 2. The fourth-order valence-electron chi connectivity index (χ4n) is 2.70. The summed E-state index contributed by atoms with van der Waals surface area (Å²) in [5.74, 6) is 0.290. The third-order valence-corrected chi connectivity index (χ3v) is 6.17. The molecule has 2 aromatic rings. The standard InChI is InChI=1S/C21H18BrClN2O4S2/c1-3-28-16-10-12(9-15(22)18(16)29-4-2)11-17-20(27)25(21(30)31-17)24-19(26)13-5-7-14(23)8-6-13/h5-11H,3-4H2,1-2H3,(H,24,26)/b17-11-. The Balaban J connectivity index is 1.82. The van der Waals surface area contributed by atoms with Gasteiger partial charge >= 0.3 is 0 Å². The van der Waals surface area contributed by atoms with Gasteiger partial charge in [0.05, 0.1) is 22.6 Å². The van der Waals surface area contributed by atoms with E-state index in [2.05, 4.69) is 21.4 Å². The fourth-order valence-corrected chi connectivity index (χ4v) is 4.58. The Labute approximate surface area is 203 Å². The molecule has 0 saturated carbocycles. The van der Waals surface area contributed by atoms with Gasteiger partial charge in [0.1, 0.15) is 0 Å². The van der Waals surface area contributed by atoms with Crippen molar-refractivity contribution in [2.75, 3.05) is 13.2 Å². The van der Waals surface area contributed by atoms with Crippen LogP contribution in [0.25, 0.3) is 6.08 Å². The number of hydrogen-bond acceptors (Lipinski definition) is 6. The van der Waals surface area contributed by atoms with Gasteiger partial charge < -0.3 is 9.47 Å². The molecule has 0 atom stereocenters. The van der Waals surface area contributed by atoms with Crippen LogP contribution < -0.4 is 14.9 Å². The molecule has 31 heavy (non-hydrogen) atoms. The molecule has 6 nitrogen and oxygen atoms in total. The average molecular weight is 542 g/mol. The number of hydrogen-bond donors (Lipinski definition) is 1. The Kier molecular flexibility index (Phi) is 7.99. The number of carbonyl (C=O) groups excluding carboxylic acids is 2. The SMILES string of the molecule is CCOc1cc(/C=C2\SC(=S)N(NC(=O)c3ccc(Cl)cc3)C2=O)cc(Br)c1OCC. The molecule has 2 aromatic carbocycles. The van der Waals surface area contributed by atoms with Crippen molar-refractivity contribution in [1.82, 2.24) is 10.4 Å². The van der Waals surface area contributed by atoms with Crippen molar-refractivity contribution < 1.29 is 19.1 Å². The summed E-state index contributed by atoms with van der Waals surface area (Å²) in [4.78, 5) is 25.7. The van der Waals surface area contributed by atoms with E-state index in [0.717, 1.165) is 22.3 Å². The highest BCUT2D eigenvalue weighted by Crippen LogP contribution is 2.39. The lowest BCUT2D eigenvalue weighted by Crippen LogP contribution is -2.44. The number of halogens is 2. The zero-order chi connectivity index (χ0) is 22.5. The number of hydrazine groups is 1. The number of ether oxygens (including phenoxy) is 2. The second-order valence-electron chi connectivity index (χ2n) is 6.16. The first kappa shape index (κ1) is 23.6. The summed E-state index contributed by atoms with van der Waals surface area (Å²) in [6.45, 7) is 4.73. The number of nitrogens with zero attached hydrogens (tertiary/aromatic N) is 1. The third kappa shape index (κ3) is 5.60. The minimum atomic E-state index is -0.461. The predicted molar refractivity (Wildman–Crippen MR) is 130 cm³/mol. The molecule has 0 bridgehead atoms. The second-order valence-corrected chi connectivity index (χ2v) is 9.13. The van der Waals surface area contributed by atoms with Crippen LogP contribution in [0.2, 0.25) is 5.02 Å². The van der Waals surface area contributed by atoms with Gasteiger partial charge in [0.15, 0.2) is 15.8 Å². The smallest absolute Gasteiger partial charge is 0.285 e. The Morgan fingerprint density at radius 3 is 2.55 bits per heavy atom. The summed E-state index contributed by atoms with van der Waals surface area (Å²) >= 11 is 15.7. The Hall–Kier alpha value is -2.07. The zero-order valence-corrected chi connectivity index (χ0v) is 20.6. The van der Waals surface area contributed by atoms with Crippen molar-refractivity contribution in [2.24, 2.45) is 0 Å². The lowest BCUT2D eigenvalue weighted by molar-refractivity contribution is -0.123. The Bertz CT molecular complexity index is 1060. The van der Waals surface area contributed by atoms with Crippen LogP contribution in [0.15, 0.2) is 45.8 Å². The highest BCUT2D eigenvalue weighted by atomic mass is 79.9. The molecule has 0 radical (unpaired) electrons. The number of nitrogens with one attached hydrogen (secondary N) is 1. The van der Waals surface area contributed by atoms with E-state index in [4.69, 9.17) is 33.3 Å². The highest BCUT2D eigenvalue weighted by Gasteiger charge is 2.34. The molecule has 162 valence electrons. The van der Waals surface area contributed by atoms with Crippen molar-refractivity contribution in [3.63, 3.8) is 0 Å². The highest BCUT2D eigenvalue weighted by molar-refractivity contribution is 9.10. The first-order valence-corrected chi connectivity index (χ1v) is 11.7. The molecule has 1 fully saturated rings. The van der Waals surface area contributed by atoms with Gasteiger partial charge in [0.25, 0.3) is 11.8 Å². The van der Waals surface area contributed by atoms with Gasteiger partial charge in [-0.15, -0.1) is 0 Å². The van der Waals surface area contributed by atoms with Crippen LogP contribution in [0.3, 0.4) is 0 Å². The minimum Gasteiger partial charge on any atom is -0.490 e. The van der Waals surface area contributed by atoms with Crippen molar-refractivity contribution >= 4 is 73.7 Å². The monoisotopic (exact) mass is 540 g/mol. The maximum atomic E-state index is 12.9. The maximum absolute atomic E-state index is 12.9. The van der Waals surface area contributed by atoms with Crippen molar-refractivity contribution in [3.8, 4) is 11.5 Å². The molecule has 1 aliphatic heterocycles. The van der Waals surface area contributed by atoms with Crippen LogP contribution in [0, 0.1) is 0 Å². The van der Waals surface area contributed by atoms with Gasteiger partial charge in [-0.2, -0.15) is 5.01 Å². The van der Waals surface area contributed by atoms with Crippen LogP contribution in [0.5, 0.6) is 11.5 Å². The zero-order valence-electron chi connectivity index (χ0n) is 16.6. The molecule has 0 spiro atoms. The summed E-state index contributed by atoms with van der Waals surface area (Å²) in [5.41, 5.74) is 3.63. The molecule has 1 N–H and O–H groups in total. The van der Waals surface area contributed by atoms with Gasteiger partial charge in [-0.05, 0) is 90.0 Å². The van der Waals surface area contributed by atoms with Crippen molar-refractivity contribution in [3.05, 3.63) is 61.9 Å². The van der Waals surface area contributed by atoms with Gasteiger partial charge in [0, 0.05) is 10.6 Å². The molecule has 1 heterocycles. The molecule has 0 unspecified atom stereocenters. The van der Waals surface area contributed by atoms with Gasteiger partial charge in [-0.3, -0.25) is 15.0 Å². The van der Waals surface area contributed by atoms with E-state index in [1.165, 1.54) is 0 Å². The molecule has 0 aromatic heterocycles. The van der Waals surface area contributed by atoms with E-state index in [1.807, 2.05) is 19.9 Å². The van der Waals surface area contributed by atoms with Gasteiger partial charge in [0.2, 0.25) is 0 Å². The Morgan fingerprint density at radius 2 is 1.90 bits per heavy atom. The Morgan fingerprint density at radius 1 is 1.23 bits per heavy atom. The molecule has 1 aliphatic rings. The average Bonchev–Trinajstić information content (AvgIpc) is 2.98. The molecular weight excluding hydrogens is 524 g/mol. The molecule has 2 amide bonds. The quantitative estimate of drug-likeness (QED) is 0.372. The minimum absolute atomic E-state index is 0.230. The lowest BCUT2D eigenvalue weighted by atomic mass is 10.2. The summed E-state index contributed by atoms with van der Waals surface area (Å²) in [6.07, 6.45) is 1.69. The van der Waals surface area contributed by atoms with Crippen LogP contribution in [0.4, 0.5) is 0 Å². The normalized spacial score (nSPS) is 14.8. The largest absolute Gasteiger partial charge is 0.490 e. The summed E-state index contributed by atoms with van der Waals surface area (Å²) in [7, 11) is 0. The van der Waals surface area contributed by atoms with Crippen LogP contribution >= 0.6 is 51.5 Å². The number of rotatable bonds is 7. The number of carbonyl (C=O) groups is 2. The number of thioether (sulfide) groups is 1. The van der Waals surface area contributed by atoms with Crippen LogP contribution in [-0.4, -0.2) is 34.4 Å². The van der Waals surface area contributed by atoms with Gasteiger partial charge in [-0.25, -0.2) is 0 Å². The summed E-state index contributed by atoms with van der Waals surface area (Å²) < 4.78 is 12.3. The van der Waals surface area contributed by atoms with E-state index in [-0.39, 0.29) is 4.32 Å². The lowest BCUT2D eigenvalue weighted by Gasteiger charge is -2.15. The first-order valence-electron chi connectivity index (χ1n) is 9.27. The van der Waals surface area contributed by atoms with Crippen LogP contribution in [-0.2, 0) is 4.79 Å². The maximum Gasteiger partial charge on any atom is 0.285 e. The van der Waals surface area contributed by atoms with E-state index in [9.17, 15) is 9.59 Å². The molecule has 10 heteroatoms. The second kappa shape index (κ2) is 10.5.